The molecule has 0 spiro atoms. The third-order valence-corrected chi connectivity index (χ3v) is 7.85. The summed E-state index contributed by atoms with van der Waals surface area (Å²) in [5.74, 6) is 0.0261. The quantitative estimate of drug-likeness (QED) is 0.154. The van der Waals surface area contributed by atoms with E-state index in [4.69, 9.17) is 9.47 Å². The first kappa shape index (κ1) is 26.9. The van der Waals surface area contributed by atoms with E-state index < -0.39 is 11.8 Å². The second kappa shape index (κ2) is 10.7. The minimum absolute atomic E-state index is 0.243. The van der Waals surface area contributed by atoms with Crippen LogP contribution in [0, 0.1) is 0 Å². The summed E-state index contributed by atoms with van der Waals surface area (Å²) >= 11 is 0. The molecule has 8 nitrogen and oxygen atoms in total. The summed E-state index contributed by atoms with van der Waals surface area (Å²) in [6, 6.07) is 32.0. The molecule has 214 valence electrons. The first-order valence-electron chi connectivity index (χ1n) is 13.9. The van der Waals surface area contributed by atoms with Gasteiger partial charge in [-0.1, -0.05) is 66.7 Å². The summed E-state index contributed by atoms with van der Waals surface area (Å²) in [5, 5.41) is 0. The molecule has 1 aliphatic rings. The van der Waals surface area contributed by atoms with Crippen molar-refractivity contribution in [1.82, 2.24) is 9.55 Å². The lowest BCUT2D eigenvalue weighted by Gasteiger charge is -2.16. The van der Waals surface area contributed by atoms with Crippen LogP contribution in [-0.2, 0) is 0 Å². The maximum atomic E-state index is 14.4. The van der Waals surface area contributed by atoms with Gasteiger partial charge in [-0.05, 0) is 41.5 Å². The molecule has 0 aliphatic carbocycles. The van der Waals surface area contributed by atoms with Crippen LogP contribution in [0.4, 0.5) is 5.69 Å². The van der Waals surface area contributed by atoms with Crippen molar-refractivity contribution in [3.05, 3.63) is 138 Å². The lowest BCUT2D eigenvalue weighted by Crippen LogP contribution is -2.29. The topological polar surface area (TPSA) is 90.7 Å². The summed E-state index contributed by atoms with van der Waals surface area (Å²) in [7, 11) is 3.13. The molecule has 0 bridgehead atoms. The number of imidazole rings is 1. The SMILES string of the molecule is COc1cc2ncn(-c3ccccc3C(=O)c3ccccc3-c3cccc4c3C(=O)N(c3ccccc3)C4=O)c2cc1OC. The molecule has 1 aromatic heterocycles. The maximum Gasteiger partial charge on any atom is 0.266 e. The Kier molecular flexibility index (Phi) is 6.51. The van der Waals surface area contributed by atoms with Gasteiger partial charge in [0.15, 0.2) is 17.3 Å². The molecule has 8 heteroatoms. The van der Waals surface area contributed by atoms with E-state index in [9.17, 15) is 14.4 Å². The van der Waals surface area contributed by atoms with Gasteiger partial charge in [0, 0.05) is 23.3 Å². The molecule has 0 radical (unpaired) electrons. The number of benzene rings is 5. The normalized spacial score (nSPS) is 12.5. The predicted octanol–water partition coefficient (Wildman–Crippen LogP) is 6.74. The van der Waals surface area contributed by atoms with Crippen LogP contribution in [0.2, 0.25) is 0 Å². The van der Waals surface area contributed by atoms with Crippen molar-refractivity contribution in [2.24, 2.45) is 0 Å². The number of aromatic nitrogens is 2. The number of para-hydroxylation sites is 2. The first-order chi connectivity index (χ1) is 21.5. The molecule has 0 unspecified atom stereocenters. The van der Waals surface area contributed by atoms with Gasteiger partial charge in [0.25, 0.3) is 11.8 Å². The van der Waals surface area contributed by atoms with Gasteiger partial charge in [-0.2, -0.15) is 0 Å². The summed E-state index contributed by atoms with van der Waals surface area (Å²) in [6.45, 7) is 0. The number of hydrogen-bond acceptors (Lipinski definition) is 6. The predicted molar refractivity (Wildman–Crippen MR) is 167 cm³/mol. The van der Waals surface area contributed by atoms with E-state index in [0.29, 0.717) is 56.2 Å². The Hall–Kier alpha value is -6.02. The van der Waals surface area contributed by atoms with Gasteiger partial charge < -0.3 is 9.47 Å². The summed E-state index contributed by atoms with van der Waals surface area (Å²) in [6.07, 6.45) is 1.66. The molecule has 6 aromatic rings. The van der Waals surface area contributed by atoms with Crippen molar-refractivity contribution in [3.63, 3.8) is 0 Å². The Morgan fingerprint density at radius 1 is 0.659 bits per heavy atom. The second-order valence-electron chi connectivity index (χ2n) is 10.2. The Morgan fingerprint density at radius 3 is 2.07 bits per heavy atom. The fourth-order valence-corrected chi connectivity index (χ4v) is 5.79. The highest BCUT2D eigenvalue weighted by Crippen LogP contribution is 2.38. The minimum atomic E-state index is -0.427. The largest absolute Gasteiger partial charge is 0.493 e. The van der Waals surface area contributed by atoms with Gasteiger partial charge in [0.2, 0.25) is 0 Å². The van der Waals surface area contributed by atoms with Crippen molar-refractivity contribution in [3.8, 4) is 28.3 Å². The number of hydrogen-bond donors (Lipinski definition) is 0. The highest BCUT2D eigenvalue weighted by atomic mass is 16.5. The number of amides is 2. The van der Waals surface area contributed by atoms with Crippen molar-refractivity contribution in [1.29, 1.82) is 0 Å². The van der Waals surface area contributed by atoms with E-state index in [1.807, 2.05) is 41.0 Å². The number of methoxy groups -OCH3 is 2. The molecule has 44 heavy (non-hydrogen) atoms. The van der Waals surface area contributed by atoms with Gasteiger partial charge in [0.05, 0.1) is 47.8 Å². The van der Waals surface area contributed by atoms with Crippen LogP contribution in [-0.4, -0.2) is 41.4 Å². The number of fused-ring (bicyclic) bond motifs is 2. The molecule has 0 saturated carbocycles. The summed E-state index contributed by atoms with van der Waals surface area (Å²) < 4.78 is 12.8. The standard InChI is InChI=1S/C36H25N3O5/c1-43-31-19-28-30(20-32(31)44-2)38(21-37-28)29-18-9-8-15-26(29)34(40)25-14-7-6-13-23(25)24-16-10-17-27-33(24)36(42)39(35(27)41)22-11-4-3-5-12-22/h3-21H,1-2H3. The third-order valence-electron chi connectivity index (χ3n) is 7.85. The smallest absolute Gasteiger partial charge is 0.266 e. The van der Waals surface area contributed by atoms with Crippen molar-refractivity contribution in [2.45, 2.75) is 0 Å². The number of carbonyl (C=O) groups is 3. The maximum absolute atomic E-state index is 14.4. The van der Waals surface area contributed by atoms with Crippen LogP contribution in [0.5, 0.6) is 11.5 Å². The Bertz CT molecular complexity index is 2120. The van der Waals surface area contributed by atoms with E-state index in [2.05, 4.69) is 4.98 Å². The number of anilines is 1. The zero-order chi connectivity index (χ0) is 30.4. The molecular weight excluding hydrogens is 554 g/mol. The third kappa shape index (κ3) is 4.15. The second-order valence-corrected chi connectivity index (χ2v) is 10.2. The van der Waals surface area contributed by atoms with E-state index in [1.165, 1.54) is 4.90 Å². The van der Waals surface area contributed by atoms with Crippen LogP contribution in [0.1, 0.15) is 36.6 Å². The fourth-order valence-electron chi connectivity index (χ4n) is 5.79. The fraction of sp³-hybridized carbons (Fsp3) is 0.0556. The molecular formula is C36H25N3O5. The summed E-state index contributed by atoms with van der Waals surface area (Å²) in [5.41, 5.74) is 5.02. The number of imide groups is 1. The van der Waals surface area contributed by atoms with Crippen LogP contribution < -0.4 is 14.4 Å². The summed E-state index contributed by atoms with van der Waals surface area (Å²) in [4.78, 5) is 47.3. The van der Waals surface area contributed by atoms with Crippen LogP contribution in [0.3, 0.4) is 0 Å². The number of nitrogens with zero attached hydrogens (tertiary/aromatic N) is 3. The number of carbonyl (C=O) groups excluding carboxylic acids is 3. The molecule has 2 heterocycles. The molecule has 0 fully saturated rings. The zero-order valence-electron chi connectivity index (χ0n) is 23.9. The Balaban J connectivity index is 1.35. The van der Waals surface area contributed by atoms with Gasteiger partial charge in [-0.15, -0.1) is 0 Å². The van der Waals surface area contributed by atoms with Gasteiger partial charge >= 0.3 is 0 Å². The minimum Gasteiger partial charge on any atom is -0.493 e. The van der Waals surface area contributed by atoms with E-state index in [-0.39, 0.29) is 11.3 Å². The number of ketones is 1. The van der Waals surface area contributed by atoms with Gasteiger partial charge in [-0.3, -0.25) is 19.0 Å². The molecule has 2 amide bonds. The lowest BCUT2D eigenvalue weighted by atomic mass is 9.89. The number of rotatable bonds is 7. The Morgan fingerprint density at radius 2 is 1.30 bits per heavy atom. The van der Waals surface area contributed by atoms with Crippen LogP contribution in [0.25, 0.3) is 27.8 Å². The number of ether oxygens (including phenoxy) is 2. The molecule has 0 atom stereocenters. The molecule has 7 rings (SSSR count). The average molecular weight is 580 g/mol. The molecule has 5 aromatic carbocycles. The molecule has 0 N–H and O–H groups in total. The lowest BCUT2D eigenvalue weighted by molar-refractivity contribution is 0.0925. The van der Waals surface area contributed by atoms with E-state index >= 15 is 0 Å². The first-order valence-corrected chi connectivity index (χ1v) is 13.9. The Labute approximate surface area is 252 Å². The van der Waals surface area contributed by atoms with Gasteiger partial charge in [0.1, 0.15) is 6.33 Å². The molecule has 0 saturated heterocycles. The molecule has 1 aliphatic heterocycles. The van der Waals surface area contributed by atoms with Gasteiger partial charge in [-0.25, -0.2) is 9.88 Å². The van der Waals surface area contributed by atoms with Crippen molar-refractivity contribution < 1.29 is 23.9 Å². The van der Waals surface area contributed by atoms with Crippen LogP contribution >= 0.6 is 0 Å². The monoisotopic (exact) mass is 579 g/mol. The zero-order valence-corrected chi connectivity index (χ0v) is 23.9. The van der Waals surface area contributed by atoms with Crippen molar-refractivity contribution in [2.75, 3.05) is 19.1 Å². The van der Waals surface area contributed by atoms with Crippen molar-refractivity contribution >= 4 is 34.3 Å². The highest BCUT2D eigenvalue weighted by molar-refractivity contribution is 6.36. The average Bonchev–Trinajstić information content (AvgIpc) is 3.61. The highest BCUT2D eigenvalue weighted by Gasteiger charge is 2.39. The van der Waals surface area contributed by atoms with E-state index in [0.717, 1.165) is 5.52 Å². The van der Waals surface area contributed by atoms with E-state index in [1.54, 1.807) is 93.3 Å². The van der Waals surface area contributed by atoms with Crippen LogP contribution in [0.15, 0.2) is 116 Å².